The molecule has 0 heterocycles. The van der Waals surface area contributed by atoms with E-state index in [0.29, 0.717) is 12.8 Å². The van der Waals surface area contributed by atoms with Crippen molar-refractivity contribution in [3.63, 3.8) is 0 Å². The van der Waals surface area contributed by atoms with E-state index in [-0.39, 0.29) is 12.3 Å². The van der Waals surface area contributed by atoms with Crippen LogP contribution in [0.2, 0.25) is 0 Å². The Hall–Kier alpha value is -2.02. The zero-order valence-corrected chi connectivity index (χ0v) is 21.1. The molecule has 33 heavy (non-hydrogen) atoms. The van der Waals surface area contributed by atoms with Crippen molar-refractivity contribution in [2.75, 3.05) is 5.32 Å². The van der Waals surface area contributed by atoms with E-state index in [9.17, 15) is 19.5 Å². The maximum atomic E-state index is 12.5. The molecule has 186 valence electrons. The van der Waals surface area contributed by atoms with Crippen molar-refractivity contribution in [1.29, 1.82) is 0 Å². The van der Waals surface area contributed by atoms with Gasteiger partial charge in [0.05, 0.1) is 5.69 Å². The quantitative estimate of drug-likeness (QED) is 0.145. The maximum absolute atomic E-state index is 12.5. The number of carboxylic acids is 2. The summed E-state index contributed by atoms with van der Waals surface area (Å²) >= 11 is 1.33. The molecule has 0 saturated carbocycles. The number of hydrogen-bond donors (Lipinski definition) is 3. The Bertz CT molecular complexity index is 737. The van der Waals surface area contributed by atoms with Crippen LogP contribution < -0.4 is 5.32 Å². The highest BCUT2D eigenvalue weighted by Gasteiger charge is 2.21. The molecule has 1 rings (SSSR count). The fourth-order valence-electron chi connectivity index (χ4n) is 3.69. The molecule has 0 saturated heterocycles. The fraction of sp³-hybridized carbons (Fsp3) is 0.654. The monoisotopic (exact) mass is 479 g/mol. The number of aryl methyl sites for hydroxylation is 1. The molecule has 0 aliphatic heterocycles. The Morgan fingerprint density at radius 2 is 1.48 bits per heavy atom. The van der Waals surface area contributed by atoms with Crippen LogP contribution in [0, 0.1) is 6.92 Å². The first-order valence-electron chi connectivity index (χ1n) is 12.4. The summed E-state index contributed by atoms with van der Waals surface area (Å²) < 4.78 is 0. The molecule has 3 N–H and O–H groups in total. The van der Waals surface area contributed by atoms with Gasteiger partial charge in [0.15, 0.2) is 0 Å². The molecule has 0 fully saturated rings. The number of nitrogens with one attached hydrogen (secondary N) is 1. The predicted octanol–water partition coefficient (Wildman–Crippen LogP) is 7.04. The van der Waals surface area contributed by atoms with E-state index in [0.717, 1.165) is 86.8 Å². The predicted molar refractivity (Wildman–Crippen MR) is 135 cm³/mol. The minimum atomic E-state index is -0.809. The third-order valence-electron chi connectivity index (χ3n) is 5.66. The number of anilines is 1. The van der Waals surface area contributed by atoms with Gasteiger partial charge < -0.3 is 15.5 Å². The second-order valence-corrected chi connectivity index (χ2v) is 9.90. The van der Waals surface area contributed by atoms with Crippen LogP contribution in [0.1, 0.15) is 102 Å². The number of carboxylic acid groups (broad SMARTS) is 2. The van der Waals surface area contributed by atoms with Crippen LogP contribution in [-0.4, -0.2) is 33.3 Å². The first kappa shape index (κ1) is 29.0. The first-order chi connectivity index (χ1) is 15.8. The number of rotatable bonds is 19. The molecule has 7 heteroatoms. The molecule has 0 bridgehead atoms. The Morgan fingerprint density at radius 3 is 2.06 bits per heavy atom. The highest BCUT2D eigenvalue weighted by Crippen LogP contribution is 2.35. The van der Waals surface area contributed by atoms with Crippen molar-refractivity contribution in [3.8, 4) is 0 Å². The van der Waals surface area contributed by atoms with Gasteiger partial charge in [0.25, 0.3) is 0 Å². The number of carbonyl (C=O) groups excluding carboxylic acids is 1. The third kappa shape index (κ3) is 13.3. The van der Waals surface area contributed by atoms with E-state index >= 15 is 0 Å². The molecule has 1 amide bonds. The minimum absolute atomic E-state index is 0.0299. The van der Waals surface area contributed by atoms with E-state index in [1.165, 1.54) is 11.8 Å². The van der Waals surface area contributed by atoms with E-state index in [2.05, 4.69) is 12.2 Å². The average molecular weight is 480 g/mol. The lowest BCUT2D eigenvalue weighted by Crippen LogP contribution is -2.17. The molecule has 1 aromatic rings. The number of thioether (sulfide) groups is 1. The van der Waals surface area contributed by atoms with Crippen molar-refractivity contribution >= 4 is 35.3 Å². The SMILES string of the molecule is CCCCCC(Sc1cccc(C)c1NC(=O)CCCCCCCCCCC(=O)O)C(=O)O. The summed E-state index contributed by atoms with van der Waals surface area (Å²) in [6.07, 6.45) is 12.2. The number of unbranched alkanes of at least 4 members (excludes halogenated alkanes) is 9. The van der Waals surface area contributed by atoms with Gasteiger partial charge in [-0.25, -0.2) is 0 Å². The third-order valence-corrected chi connectivity index (χ3v) is 6.97. The summed E-state index contributed by atoms with van der Waals surface area (Å²) in [5.74, 6) is -1.56. The number of aliphatic carboxylic acids is 2. The highest BCUT2D eigenvalue weighted by molar-refractivity contribution is 8.00. The molecule has 0 aliphatic carbocycles. The second kappa shape index (κ2) is 17.5. The Morgan fingerprint density at radius 1 is 0.879 bits per heavy atom. The molecule has 0 aliphatic rings. The van der Waals surface area contributed by atoms with Crippen LogP contribution in [0.4, 0.5) is 5.69 Å². The van der Waals surface area contributed by atoms with Gasteiger partial charge in [-0.05, 0) is 37.8 Å². The van der Waals surface area contributed by atoms with Crippen LogP contribution in [0.15, 0.2) is 23.1 Å². The van der Waals surface area contributed by atoms with Gasteiger partial charge in [0.1, 0.15) is 5.25 Å². The topological polar surface area (TPSA) is 104 Å². The van der Waals surface area contributed by atoms with Crippen molar-refractivity contribution < 1.29 is 24.6 Å². The molecule has 1 atom stereocenters. The summed E-state index contributed by atoms with van der Waals surface area (Å²) in [5, 5.41) is 20.7. The van der Waals surface area contributed by atoms with E-state index in [1.54, 1.807) is 0 Å². The Kier molecular flexibility index (Phi) is 15.3. The largest absolute Gasteiger partial charge is 0.481 e. The summed E-state index contributed by atoms with van der Waals surface area (Å²) in [6, 6.07) is 5.72. The smallest absolute Gasteiger partial charge is 0.316 e. The molecule has 0 aromatic heterocycles. The number of carbonyl (C=O) groups is 3. The first-order valence-corrected chi connectivity index (χ1v) is 13.2. The lowest BCUT2D eigenvalue weighted by molar-refractivity contribution is -0.137. The summed E-state index contributed by atoms with van der Waals surface area (Å²) in [6.45, 7) is 4.03. The van der Waals surface area contributed by atoms with E-state index in [1.807, 2.05) is 25.1 Å². The summed E-state index contributed by atoms with van der Waals surface area (Å²) in [7, 11) is 0. The van der Waals surface area contributed by atoms with Gasteiger partial charge in [-0.2, -0.15) is 0 Å². The second-order valence-electron chi connectivity index (χ2n) is 8.66. The molecule has 1 unspecified atom stereocenters. The number of amides is 1. The number of para-hydroxylation sites is 1. The van der Waals surface area contributed by atoms with Gasteiger partial charge >= 0.3 is 11.9 Å². The average Bonchev–Trinajstić information content (AvgIpc) is 2.76. The van der Waals surface area contributed by atoms with Gasteiger partial charge in [-0.3, -0.25) is 14.4 Å². The standard InChI is InChI=1S/C26H41NO5S/c1-3-4-11-16-22(26(31)32)33-21-17-14-15-20(2)25(21)27-23(28)18-12-9-7-5-6-8-10-13-19-24(29)30/h14-15,17,22H,3-13,16,18-19H2,1-2H3,(H,27,28)(H,29,30)(H,31,32). The highest BCUT2D eigenvalue weighted by atomic mass is 32.2. The minimum Gasteiger partial charge on any atom is -0.481 e. The zero-order chi connectivity index (χ0) is 24.5. The van der Waals surface area contributed by atoms with Crippen LogP contribution in [0.3, 0.4) is 0 Å². The van der Waals surface area contributed by atoms with Crippen LogP contribution in [0.25, 0.3) is 0 Å². The molecular formula is C26H41NO5S. The van der Waals surface area contributed by atoms with E-state index in [4.69, 9.17) is 5.11 Å². The summed E-state index contributed by atoms with van der Waals surface area (Å²) in [4.78, 5) is 35.5. The maximum Gasteiger partial charge on any atom is 0.316 e. The molecular weight excluding hydrogens is 438 g/mol. The molecule has 6 nitrogen and oxygen atoms in total. The van der Waals surface area contributed by atoms with Crippen LogP contribution in [-0.2, 0) is 14.4 Å². The fourth-order valence-corrected chi connectivity index (χ4v) is 4.87. The van der Waals surface area contributed by atoms with Gasteiger partial charge in [0, 0.05) is 17.7 Å². The van der Waals surface area contributed by atoms with Crippen molar-refractivity contribution in [2.45, 2.75) is 114 Å². The summed E-state index contributed by atoms with van der Waals surface area (Å²) in [5.41, 5.74) is 1.67. The van der Waals surface area contributed by atoms with Crippen molar-refractivity contribution in [3.05, 3.63) is 23.8 Å². The van der Waals surface area contributed by atoms with Crippen molar-refractivity contribution in [2.24, 2.45) is 0 Å². The van der Waals surface area contributed by atoms with Gasteiger partial charge in [-0.15, -0.1) is 11.8 Å². The number of hydrogen-bond acceptors (Lipinski definition) is 4. The molecule has 0 radical (unpaired) electrons. The van der Waals surface area contributed by atoms with Crippen molar-refractivity contribution in [1.82, 2.24) is 0 Å². The Labute approximate surface area is 202 Å². The zero-order valence-electron chi connectivity index (χ0n) is 20.2. The van der Waals surface area contributed by atoms with Crippen LogP contribution in [0.5, 0.6) is 0 Å². The normalized spacial score (nSPS) is 11.8. The van der Waals surface area contributed by atoms with Crippen LogP contribution >= 0.6 is 11.8 Å². The lowest BCUT2D eigenvalue weighted by Gasteiger charge is -2.17. The van der Waals surface area contributed by atoms with Gasteiger partial charge in [-0.1, -0.05) is 76.8 Å². The molecule has 1 aromatic carbocycles. The number of benzene rings is 1. The lowest BCUT2D eigenvalue weighted by atomic mass is 10.1. The van der Waals surface area contributed by atoms with E-state index < -0.39 is 17.2 Å². The molecule has 0 spiro atoms. The Balaban J connectivity index is 2.41. The van der Waals surface area contributed by atoms with Gasteiger partial charge in [0.2, 0.25) is 5.91 Å².